The Balaban J connectivity index is 2.15. The topological polar surface area (TPSA) is 96.3 Å². The molecular weight excluding hydrogens is 224 g/mol. The van der Waals surface area contributed by atoms with E-state index >= 15 is 0 Å². The second-order valence-corrected chi connectivity index (χ2v) is 3.69. The van der Waals surface area contributed by atoms with Crippen LogP contribution >= 0.6 is 0 Å². The van der Waals surface area contributed by atoms with Gasteiger partial charge in [0.05, 0.1) is 18.9 Å². The van der Waals surface area contributed by atoms with Crippen LogP contribution < -0.4 is 5.32 Å². The highest BCUT2D eigenvalue weighted by atomic mass is 16.7. The minimum atomic E-state index is -1.36. The number of hydrogen-bond donors (Lipinski definition) is 1. The number of fused-ring (bicyclic) bond motifs is 2. The van der Waals surface area contributed by atoms with E-state index in [1.165, 1.54) is 0 Å². The van der Waals surface area contributed by atoms with Crippen LogP contribution in [0.5, 0.6) is 0 Å². The molecule has 1 saturated heterocycles. The van der Waals surface area contributed by atoms with Crippen molar-refractivity contribution in [2.45, 2.75) is 5.79 Å². The van der Waals surface area contributed by atoms with Gasteiger partial charge in [-0.05, 0) is 17.7 Å². The molecule has 1 spiro atoms. The lowest BCUT2D eigenvalue weighted by atomic mass is 10.1. The number of anilines is 1. The fraction of sp³-hybridized carbons (Fsp3) is 0.300. The van der Waals surface area contributed by atoms with Gasteiger partial charge in [-0.1, -0.05) is 11.2 Å². The van der Waals surface area contributed by atoms with Crippen LogP contribution in [0.1, 0.15) is 5.56 Å². The van der Waals surface area contributed by atoms with E-state index in [0.29, 0.717) is 30.2 Å². The maximum absolute atomic E-state index is 11.9. The first-order valence-electron chi connectivity index (χ1n) is 5.05. The number of carbonyl (C=O) groups is 1. The van der Waals surface area contributed by atoms with Crippen molar-refractivity contribution in [2.24, 2.45) is 5.11 Å². The average molecular weight is 232 g/mol. The molecule has 86 valence electrons. The fourth-order valence-corrected chi connectivity index (χ4v) is 2.05. The molecule has 2 aliphatic heterocycles. The molecule has 2 heterocycles. The van der Waals surface area contributed by atoms with Gasteiger partial charge in [0.15, 0.2) is 0 Å². The highest BCUT2D eigenvalue weighted by molar-refractivity contribution is 6.04. The molecule has 1 aromatic carbocycles. The number of azide groups is 1. The van der Waals surface area contributed by atoms with E-state index in [1.54, 1.807) is 18.2 Å². The van der Waals surface area contributed by atoms with Crippen molar-refractivity contribution in [2.75, 3.05) is 18.5 Å². The summed E-state index contributed by atoms with van der Waals surface area (Å²) in [7, 11) is 0. The number of ether oxygens (including phenoxy) is 2. The van der Waals surface area contributed by atoms with Gasteiger partial charge in [0.25, 0.3) is 11.7 Å². The molecule has 0 bridgehead atoms. The number of nitrogens with one attached hydrogen (secondary N) is 1. The van der Waals surface area contributed by atoms with Gasteiger partial charge in [0.2, 0.25) is 0 Å². The molecule has 0 aromatic heterocycles. The molecule has 17 heavy (non-hydrogen) atoms. The molecule has 3 rings (SSSR count). The molecule has 1 aromatic rings. The van der Waals surface area contributed by atoms with E-state index in [9.17, 15) is 4.79 Å². The van der Waals surface area contributed by atoms with Gasteiger partial charge in [-0.25, -0.2) is 0 Å². The summed E-state index contributed by atoms with van der Waals surface area (Å²) in [6, 6.07) is 4.88. The van der Waals surface area contributed by atoms with Crippen LogP contribution in [-0.4, -0.2) is 19.1 Å². The van der Waals surface area contributed by atoms with Crippen molar-refractivity contribution < 1.29 is 14.3 Å². The predicted octanol–water partition coefficient (Wildman–Crippen LogP) is 1.78. The van der Waals surface area contributed by atoms with Gasteiger partial charge in [0, 0.05) is 16.2 Å². The number of carbonyl (C=O) groups excluding carboxylic acids is 1. The maximum atomic E-state index is 11.9. The number of rotatable bonds is 1. The molecule has 0 radical (unpaired) electrons. The fourth-order valence-electron chi connectivity index (χ4n) is 2.05. The van der Waals surface area contributed by atoms with Crippen LogP contribution in [0, 0.1) is 0 Å². The SMILES string of the molecule is [N-]=[N+]=Nc1ccc2c(c1)C1(OCCO1)C(=O)N2. The van der Waals surface area contributed by atoms with Crippen molar-refractivity contribution in [1.82, 2.24) is 0 Å². The Kier molecular flexibility index (Phi) is 2.05. The Morgan fingerprint density at radius 3 is 2.88 bits per heavy atom. The van der Waals surface area contributed by atoms with E-state index in [4.69, 9.17) is 15.0 Å². The monoisotopic (exact) mass is 232 g/mol. The average Bonchev–Trinajstić information content (AvgIpc) is 2.90. The van der Waals surface area contributed by atoms with E-state index in [1.807, 2.05) is 0 Å². The Morgan fingerprint density at radius 1 is 1.41 bits per heavy atom. The van der Waals surface area contributed by atoms with Crippen molar-refractivity contribution in [1.29, 1.82) is 0 Å². The van der Waals surface area contributed by atoms with Crippen molar-refractivity contribution in [3.8, 4) is 0 Å². The first-order valence-corrected chi connectivity index (χ1v) is 5.05. The molecule has 1 fully saturated rings. The molecule has 1 N–H and O–H groups in total. The van der Waals surface area contributed by atoms with Crippen LogP contribution in [-0.2, 0) is 20.1 Å². The summed E-state index contributed by atoms with van der Waals surface area (Å²) in [5.41, 5.74) is 9.99. The second kappa shape index (κ2) is 3.46. The number of nitrogens with zero attached hydrogens (tertiary/aromatic N) is 3. The van der Waals surface area contributed by atoms with E-state index in [2.05, 4.69) is 15.3 Å². The molecule has 0 atom stereocenters. The first kappa shape index (κ1) is 10.1. The maximum Gasteiger partial charge on any atom is 0.289 e. The zero-order chi connectivity index (χ0) is 11.9. The van der Waals surface area contributed by atoms with Gasteiger partial charge in [-0.15, -0.1) is 0 Å². The summed E-state index contributed by atoms with van der Waals surface area (Å²) in [4.78, 5) is 14.6. The van der Waals surface area contributed by atoms with Crippen LogP contribution in [0.2, 0.25) is 0 Å². The minimum absolute atomic E-state index is 0.344. The summed E-state index contributed by atoms with van der Waals surface area (Å²) >= 11 is 0. The minimum Gasteiger partial charge on any atom is -0.336 e. The van der Waals surface area contributed by atoms with E-state index in [0.717, 1.165) is 0 Å². The van der Waals surface area contributed by atoms with E-state index < -0.39 is 5.79 Å². The molecule has 0 saturated carbocycles. The largest absolute Gasteiger partial charge is 0.336 e. The third-order valence-corrected chi connectivity index (χ3v) is 2.76. The van der Waals surface area contributed by atoms with Gasteiger partial charge >= 0.3 is 0 Å². The van der Waals surface area contributed by atoms with E-state index in [-0.39, 0.29) is 5.91 Å². The molecular formula is C10H8N4O3. The van der Waals surface area contributed by atoms with Crippen LogP contribution in [0.4, 0.5) is 11.4 Å². The Hall–Kier alpha value is -2.08. The zero-order valence-corrected chi connectivity index (χ0v) is 8.71. The van der Waals surface area contributed by atoms with Gasteiger partial charge < -0.3 is 14.8 Å². The smallest absolute Gasteiger partial charge is 0.289 e. The normalized spacial score (nSPS) is 19.9. The van der Waals surface area contributed by atoms with Crippen LogP contribution in [0.3, 0.4) is 0 Å². The van der Waals surface area contributed by atoms with Crippen molar-refractivity contribution >= 4 is 17.3 Å². The summed E-state index contributed by atoms with van der Waals surface area (Å²) in [6.07, 6.45) is 0. The van der Waals surface area contributed by atoms with Gasteiger partial charge in [-0.2, -0.15) is 0 Å². The summed E-state index contributed by atoms with van der Waals surface area (Å²) in [5, 5.41) is 6.17. The Bertz CT molecular complexity index is 544. The van der Waals surface area contributed by atoms with Crippen molar-refractivity contribution in [3.05, 3.63) is 34.2 Å². The lowest BCUT2D eigenvalue weighted by molar-refractivity contribution is -0.178. The van der Waals surface area contributed by atoms with Gasteiger partial charge in [-0.3, -0.25) is 4.79 Å². The molecule has 2 aliphatic rings. The molecule has 7 nitrogen and oxygen atoms in total. The van der Waals surface area contributed by atoms with Gasteiger partial charge in [0.1, 0.15) is 0 Å². The highest BCUT2D eigenvalue weighted by Gasteiger charge is 2.52. The Morgan fingerprint density at radius 2 is 2.18 bits per heavy atom. The molecule has 1 amide bonds. The first-order chi connectivity index (χ1) is 8.26. The predicted molar refractivity (Wildman–Crippen MR) is 57.5 cm³/mol. The summed E-state index contributed by atoms with van der Waals surface area (Å²) in [5.74, 6) is -1.71. The highest BCUT2D eigenvalue weighted by Crippen LogP contribution is 2.43. The van der Waals surface area contributed by atoms with Crippen LogP contribution in [0.15, 0.2) is 23.3 Å². The Labute approximate surface area is 96.0 Å². The molecule has 0 aliphatic carbocycles. The quantitative estimate of drug-likeness (QED) is 0.454. The standard InChI is InChI=1S/C10H8N4O3/c11-14-13-6-1-2-8-7(5-6)10(9(15)12-8)16-3-4-17-10/h1-2,5H,3-4H2,(H,12,15). The number of amides is 1. The summed E-state index contributed by atoms with van der Waals surface area (Å²) in [6.45, 7) is 0.719. The third kappa shape index (κ3) is 1.31. The third-order valence-electron chi connectivity index (χ3n) is 2.76. The molecule has 0 unspecified atom stereocenters. The lowest BCUT2D eigenvalue weighted by Gasteiger charge is -2.19. The number of benzene rings is 1. The summed E-state index contributed by atoms with van der Waals surface area (Å²) < 4.78 is 10.8. The number of hydrogen-bond acceptors (Lipinski definition) is 4. The van der Waals surface area contributed by atoms with Crippen molar-refractivity contribution in [3.63, 3.8) is 0 Å². The second-order valence-electron chi connectivity index (χ2n) is 3.69. The lowest BCUT2D eigenvalue weighted by Crippen LogP contribution is -2.35. The van der Waals surface area contributed by atoms with Crippen LogP contribution in [0.25, 0.3) is 10.4 Å². The molecule has 7 heteroatoms. The zero-order valence-electron chi connectivity index (χ0n) is 8.71.